The van der Waals surface area contributed by atoms with Gasteiger partial charge in [-0.05, 0) is 18.9 Å². The second-order valence-electron chi connectivity index (χ2n) is 3.81. The van der Waals surface area contributed by atoms with E-state index >= 15 is 0 Å². The van der Waals surface area contributed by atoms with E-state index in [2.05, 4.69) is 20.9 Å². The normalized spacial score (nSPS) is 20.1. The van der Waals surface area contributed by atoms with Crippen LogP contribution in [0, 0.1) is 0 Å². The average molecular weight is 220 g/mol. The van der Waals surface area contributed by atoms with Gasteiger partial charge in [0.15, 0.2) is 0 Å². The van der Waals surface area contributed by atoms with E-state index < -0.39 is 0 Å². The zero-order valence-electron chi connectivity index (χ0n) is 9.29. The highest BCUT2D eigenvalue weighted by molar-refractivity contribution is 5.85. The number of hydrogen-bond acceptors (Lipinski definition) is 4. The molecule has 0 aliphatic carbocycles. The fraction of sp³-hybridized carbons (Fsp3) is 0.455. The van der Waals surface area contributed by atoms with E-state index in [9.17, 15) is 4.79 Å². The van der Waals surface area contributed by atoms with Crippen molar-refractivity contribution in [2.24, 2.45) is 0 Å². The van der Waals surface area contributed by atoms with Gasteiger partial charge >= 0.3 is 0 Å². The molecule has 0 spiro atoms. The molecular weight excluding hydrogens is 204 g/mol. The Hall–Kier alpha value is -1.78. The summed E-state index contributed by atoms with van der Waals surface area (Å²) in [4.78, 5) is 15.7. The quantitative estimate of drug-likeness (QED) is 0.705. The number of anilines is 2. The number of carbonyl (C=O) groups is 1. The van der Waals surface area contributed by atoms with Gasteiger partial charge in [-0.1, -0.05) is 0 Å². The first-order chi connectivity index (χ1) is 7.79. The molecular formula is C11H16N4O. The summed E-state index contributed by atoms with van der Waals surface area (Å²) in [5, 5.41) is 9.03. The van der Waals surface area contributed by atoms with Crippen molar-refractivity contribution in [3.05, 3.63) is 18.3 Å². The number of pyridine rings is 1. The zero-order chi connectivity index (χ0) is 11.4. The lowest BCUT2D eigenvalue weighted by Gasteiger charge is -2.23. The van der Waals surface area contributed by atoms with Crippen LogP contribution in [-0.2, 0) is 4.79 Å². The highest BCUT2D eigenvalue weighted by atomic mass is 16.2. The van der Waals surface area contributed by atoms with E-state index in [1.165, 1.54) is 0 Å². The first-order valence-electron chi connectivity index (χ1n) is 5.47. The third-order valence-corrected chi connectivity index (χ3v) is 2.64. The molecule has 1 aromatic rings. The lowest BCUT2D eigenvalue weighted by Crippen LogP contribution is -2.44. The maximum absolute atomic E-state index is 11.5. The van der Waals surface area contributed by atoms with E-state index in [-0.39, 0.29) is 11.9 Å². The summed E-state index contributed by atoms with van der Waals surface area (Å²) < 4.78 is 0. The molecule has 5 heteroatoms. The van der Waals surface area contributed by atoms with Crippen LogP contribution in [0.1, 0.15) is 12.8 Å². The van der Waals surface area contributed by atoms with Gasteiger partial charge in [-0.15, -0.1) is 0 Å². The first kappa shape index (κ1) is 10.7. The lowest BCUT2D eigenvalue weighted by molar-refractivity contribution is -0.123. The molecule has 1 aromatic heterocycles. The molecule has 1 atom stereocenters. The average Bonchev–Trinajstić information content (AvgIpc) is 2.32. The van der Waals surface area contributed by atoms with E-state index in [1.54, 1.807) is 6.20 Å². The molecule has 1 aliphatic heterocycles. The number of carbonyl (C=O) groups excluding carboxylic acids is 1. The summed E-state index contributed by atoms with van der Waals surface area (Å²) in [5.74, 6) is 0.871. The molecule has 1 saturated heterocycles. The molecule has 16 heavy (non-hydrogen) atoms. The standard InChI is InChI=1S/C11H16N4O/c1-12-10-7-8(4-6-13-10)15-9-3-2-5-14-11(9)16/h4,6-7,9H,2-3,5H2,1H3,(H,14,16)(H2,12,13,15). The minimum Gasteiger partial charge on any atom is -0.374 e. The lowest BCUT2D eigenvalue weighted by atomic mass is 10.1. The fourth-order valence-electron chi connectivity index (χ4n) is 1.77. The fourth-order valence-corrected chi connectivity index (χ4v) is 1.77. The number of nitrogens with zero attached hydrogens (tertiary/aromatic N) is 1. The van der Waals surface area contributed by atoms with E-state index in [1.807, 2.05) is 19.2 Å². The molecule has 0 bridgehead atoms. The summed E-state index contributed by atoms with van der Waals surface area (Å²) in [6, 6.07) is 3.63. The topological polar surface area (TPSA) is 66.0 Å². The van der Waals surface area contributed by atoms with Crippen LogP contribution >= 0.6 is 0 Å². The predicted molar refractivity (Wildman–Crippen MR) is 63.4 cm³/mol. The largest absolute Gasteiger partial charge is 0.374 e. The number of hydrogen-bond donors (Lipinski definition) is 3. The SMILES string of the molecule is CNc1cc(NC2CCCNC2=O)ccn1. The van der Waals surface area contributed by atoms with Crippen molar-refractivity contribution in [2.45, 2.75) is 18.9 Å². The van der Waals surface area contributed by atoms with Gasteiger partial charge in [0.05, 0.1) is 0 Å². The number of amides is 1. The van der Waals surface area contributed by atoms with Crippen molar-refractivity contribution in [2.75, 3.05) is 24.2 Å². The minimum absolute atomic E-state index is 0.0778. The van der Waals surface area contributed by atoms with Gasteiger partial charge in [0.2, 0.25) is 5.91 Å². The second kappa shape index (κ2) is 4.83. The van der Waals surface area contributed by atoms with Crippen LogP contribution in [0.4, 0.5) is 11.5 Å². The maximum Gasteiger partial charge on any atom is 0.242 e. The summed E-state index contributed by atoms with van der Waals surface area (Å²) in [6.45, 7) is 0.787. The Morgan fingerprint density at radius 2 is 2.44 bits per heavy atom. The van der Waals surface area contributed by atoms with Crippen LogP contribution in [0.5, 0.6) is 0 Å². The molecule has 1 aliphatic rings. The van der Waals surface area contributed by atoms with Gasteiger partial charge < -0.3 is 16.0 Å². The maximum atomic E-state index is 11.5. The number of piperidine rings is 1. The van der Waals surface area contributed by atoms with Crippen molar-refractivity contribution in [3.8, 4) is 0 Å². The van der Waals surface area contributed by atoms with Gasteiger partial charge in [-0.25, -0.2) is 4.98 Å². The molecule has 5 nitrogen and oxygen atoms in total. The Bertz CT molecular complexity index is 380. The van der Waals surface area contributed by atoms with Gasteiger partial charge in [0, 0.05) is 31.5 Å². The summed E-state index contributed by atoms with van der Waals surface area (Å²) in [6.07, 6.45) is 3.62. The molecule has 0 radical (unpaired) electrons. The van der Waals surface area contributed by atoms with Gasteiger partial charge in [-0.2, -0.15) is 0 Å². The smallest absolute Gasteiger partial charge is 0.242 e. The summed E-state index contributed by atoms with van der Waals surface area (Å²) in [5.41, 5.74) is 0.918. The van der Waals surface area contributed by atoms with E-state index in [4.69, 9.17) is 0 Å². The van der Waals surface area contributed by atoms with Crippen molar-refractivity contribution >= 4 is 17.4 Å². The van der Waals surface area contributed by atoms with Gasteiger partial charge in [0.1, 0.15) is 11.9 Å². The molecule has 2 heterocycles. The van der Waals surface area contributed by atoms with Crippen molar-refractivity contribution in [1.29, 1.82) is 0 Å². The zero-order valence-corrected chi connectivity index (χ0v) is 9.29. The number of nitrogens with one attached hydrogen (secondary N) is 3. The molecule has 1 unspecified atom stereocenters. The minimum atomic E-state index is -0.124. The van der Waals surface area contributed by atoms with E-state index in [0.29, 0.717) is 0 Å². The molecule has 1 fully saturated rings. The number of aromatic nitrogens is 1. The van der Waals surface area contributed by atoms with Gasteiger partial charge in [0.25, 0.3) is 0 Å². The molecule has 0 saturated carbocycles. The highest BCUT2D eigenvalue weighted by Gasteiger charge is 2.21. The monoisotopic (exact) mass is 220 g/mol. The summed E-state index contributed by atoms with van der Waals surface area (Å²) >= 11 is 0. The van der Waals surface area contributed by atoms with Crippen LogP contribution in [0.15, 0.2) is 18.3 Å². The Balaban J connectivity index is 2.04. The highest BCUT2D eigenvalue weighted by Crippen LogP contribution is 2.15. The Labute approximate surface area is 94.6 Å². The Morgan fingerprint density at radius 3 is 3.19 bits per heavy atom. The van der Waals surface area contributed by atoms with E-state index in [0.717, 1.165) is 30.9 Å². The molecule has 86 valence electrons. The second-order valence-corrected chi connectivity index (χ2v) is 3.81. The third-order valence-electron chi connectivity index (χ3n) is 2.64. The molecule has 0 aromatic carbocycles. The van der Waals surface area contributed by atoms with Gasteiger partial charge in [-0.3, -0.25) is 4.79 Å². The van der Waals surface area contributed by atoms with Crippen molar-refractivity contribution in [3.63, 3.8) is 0 Å². The van der Waals surface area contributed by atoms with Crippen LogP contribution in [0.2, 0.25) is 0 Å². The first-order valence-corrected chi connectivity index (χ1v) is 5.47. The predicted octanol–water partition coefficient (Wildman–Crippen LogP) is 0.814. The van der Waals surface area contributed by atoms with Crippen LogP contribution in [0.3, 0.4) is 0 Å². The van der Waals surface area contributed by atoms with Crippen LogP contribution < -0.4 is 16.0 Å². The summed E-state index contributed by atoms with van der Waals surface area (Å²) in [7, 11) is 1.82. The van der Waals surface area contributed by atoms with Crippen LogP contribution in [0.25, 0.3) is 0 Å². The molecule has 3 N–H and O–H groups in total. The van der Waals surface area contributed by atoms with Crippen molar-refractivity contribution in [1.82, 2.24) is 10.3 Å². The Morgan fingerprint density at radius 1 is 1.56 bits per heavy atom. The molecule has 1 amide bonds. The molecule has 2 rings (SSSR count). The Kier molecular flexibility index (Phi) is 3.24. The van der Waals surface area contributed by atoms with Crippen molar-refractivity contribution < 1.29 is 4.79 Å². The number of rotatable bonds is 3. The van der Waals surface area contributed by atoms with Crippen LogP contribution in [-0.4, -0.2) is 30.5 Å². The third kappa shape index (κ3) is 2.42.